The first-order valence-electron chi connectivity index (χ1n) is 9.82. The molecule has 3 aromatic carbocycles. The molecule has 32 heavy (non-hydrogen) atoms. The van der Waals surface area contributed by atoms with E-state index >= 15 is 0 Å². The summed E-state index contributed by atoms with van der Waals surface area (Å²) >= 11 is 0. The minimum absolute atomic E-state index is 0.185. The Morgan fingerprint density at radius 1 is 0.812 bits per heavy atom. The molecule has 0 heterocycles. The average molecular weight is 435 g/mol. The topological polar surface area (TPSA) is 96.5 Å². The summed E-state index contributed by atoms with van der Waals surface area (Å²) in [6, 6.07) is 19.0. The smallest absolute Gasteiger partial charge is 0.262 e. The summed E-state index contributed by atoms with van der Waals surface area (Å²) in [6.45, 7) is 1.36. The molecule has 0 aliphatic heterocycles. The highest BCUT2D eigenvalue weighted by molar-refractivity contribution is 6.01. The van der Waals surface area contributed by atoms with E-state index in [0.717, 1.165) is 5.56 Å². The molecule has 0 radical (unpaired) electrons. The molecule has 0 aromatic heterocycles. The molecule has 7 nitrogen and oxygen atoms in total. The van der Waals surface area contributed by atoms with Gasteiger partial charge in [-0.1, -0.05) is 29.8 Å². The number of carbonyl (C=O) groups is 3. The number of rotatable bonds is 8. The van der Waals surface area contributed by atoms with Crippen LogP contribution in [0.3, 0.4) is 0 Å². The van der Waals surface area contributed by atoms with Crippen LogP contribution in [-0.2, 0) is 9.59 Å². The number of hydrogen-bond donors (Lipinski definition) is 3. The fraction of sp³-hybridized carbons (Fsp3) is 0.125. The molecule has 0 aliphatic carbocycles. The molecule has 164 valence electrons. The van der Waals surface area contributed by atoms with Gasteiger partial charge < -0.3 is 20.7 Å². The highest BCUT2D eigenvalue weighted by Gasteiger charge is 2.14. The van der Waals surface area contributed by atoms with E-state index in [1.54, 1.807) is 30.3 Å². The van der Waals surface area contributed by atoms with Crippen molar-refractivity contribution in [1.29, 1.82) is 0 Å². The van der Waals surface area contributed by atoms with E-state index < -0.39 is 17.6 Å². The highest BCUT2D eigenvalue weighted by atomic mass is 19.1. The third-order valence-electron chi connectivity index (χ3n) is 4.36. The molecule has 0 saturated heterocycles. The molecular weight excluding hydrogens is 413 g/mol. The normalized spacial score (nSPS) is 10.2. The van der Waals surface area contributed by atoms with Crippen LogP contribution in [0.5, 0.6) is 5.75 Å². The van der Waals surface area contributed by atoms with Crippen LogP contribution in [0.25, 0.3) is 0 Å². The first-order valence-corrected chi connectivity index (χ1v) is 9.82. The fourth-order valence-electron chi connectivity index (χ4n) is 2.75. The third-order valence-corrected chi connectivity index (χ3v) is 4.36. The number of halogens is 1. The number of hydrogen-bond acceptors (Lipinski definition) is 4. The van der Waals surface area contributed by atoms with Gasteiger partial charge in [-0.25, -0.2) is 4.39 Å². The standard InChI is InChI=1S/C24H22FN3O4/c1-16-6-10-18(11-7-16)27-22(29)14-26-24(31)20-4-2-3-5-21(20)32-15-23(30)28-19-12-8-17(25)9-13-19/h2-13H,14-15H2,1H3,(H,26,31)(H,27,29)(H,28,30). The Bertz CT molecular complexity index is 1100. The van der Waals surface area contributed by atoms with Crippen molar-refractivity contribution in [2.45, 2.75) is 6.92 Å². The van der Waals surface area contributed by atoms with Gasteiger partial charge in [0.2, 0.25) is 5.91 Å². The SMILES string of the molecule is Cc1ccc(NC(=O)CNC(=O)c2ccccc2OCC(=O)Nc2ccc(F)cc2)cc1. The van der Waals surface area contributed by atoms with Gasteiger partial charge in [0.25, 0.3) is 11.8 Å². The number of nitrogens with one attached hydrogen (secondary N) is 3. The fourth-order valence-corrected chi connectivity index (χ4v) is 2.75. The van der Waals surface area contributed by atoms with Crippen LogP contribution in [0.2, 0.25) is 0 Å². The summed E-state index contributed by atoms with van der Waals surface area (Å²) in [5.74, 6) is -1.58. The Kier molecular flexibility index (Phi) is 7.53. The van der Waals surface area contributed by atoms with Crippen LogP contribution in [0.1, 0.15) is 15.9 Å². The van der Waals surface area contributed by atoms with Crippen LogP contribution >= 0.6 is 0 Å². The summed E-state index contributed by atoms with van der Waals surface area (Å²) in [5, 5.41) is 7.80. The van der Waals surface area contributed by atoms with Crippen molar-refractivity contribution in [3.8, 4) is 5.75 Å². The monoisotopic (exact) mass is 435 g/mol. The second-order valence-corrected chi connectivity index (χ2v) is 6.94. The van der Waals surface area contributed by atoms with Gasteiger partial charge in [0.1, 0.15) is 11.6 Å². The first kappa shape index (κ1) is 22.5. The molecular formula is C24H22FN3O4. The van der Waals surface area contributed by atoms with Crippen LogP contribution < -0.4 is 20.7 Å². The molecule has 0 fully saturated rings. The molecule has 0 saturated carbocycles. The molecule has 0 spiro atoms. The summed E-state index contributed by atoms with van der Waals surface area (Å²) in [7, 11) is 0. The zero-order valence-electron chi connectivity index (χ0n) is 17.4. The van der Waals surface area contributed by atoms with Gasteiger partial charge in [-0.15, -0.1) is 0 Å². The highest BCUT2D eigenvalue weighted by Crippen LogP contribution is 2.18. The predicted molar refractivity (Wildman–Crippen MR) is 119 cm³/mol. The lowest BCUT2D eigenvalue weighted by Crippen LogP contribution is -2.33. The van der Waals surface area contributed by atoms with Crippen molar-refractivity contribution < 1.29 is 23.5 Å². The third kappa shape index (κ3) is 6.66. The quantitative estimate of drug-likeness (QED) is 0.504. The summed E-state index contributed by atoms with van der Waals surface area (Å²) in [6.07, 6.45) is 0. The van der Waals surface area contributed by atoms with Gasteiger partial charge in [0.05, 0.1) is 12.1 Å². The summed E-state index contributed by atoms with van der Waals surface area (Å²) in [5.41, 5.74) is 2.31. The molecule has 0 aliphatic rings. The molecule has 0 atom stereocenters. The lowest BCUT2D eigenvalue weighted by Gasteiger charge is -2.12. The lowest BCUT2D eigenvalue weighted by atomic mass is 10.2. The molecule has 3 N–H and O–H groups in total. The van der Waals surface area contributed by atoms with Gasteiger partial charge >= 0.3 is 0 Å². The van der Waals surface area contributed by atoms with Crippen LogP contribution in [0.15, 0.2) is 72.8 Å². The number of ether oxygens (including phenoxy) is 1. The zero-order valence-corrected chi connectivity index (χ0v) is 17.4. The van der Waals surface area contributed by atoms with E-state index in [-0.39, 0.29) is 30.4 Å². The lowest BCUT2D eigenvalue weighted by molar-refractivity contribution is -0.118. The van der Waals surface area contributed by atoms with E-state index in [1.807, 2.05) is 19.1 Å². The summed E-state index contributed by atoms with van der Waals surface area (Å²) in [4.78, 5) is 36.7. The molecule has 8 heteroatoms. The Labute approximate surface area is 184 Å². The number of aryl methyl sites for hydroxylation is 1. The second kappa shape index (κ2) is 10.7. The van der Waals surface area contributed by atoms with Crippen LogP contribution in [0, 0.1) is 12.7 Å². The molecule has 3 aromatic rings. The van der Waals surface area contributed by atoms with Crippen LogP contribution in [-0.4, -0.2) is 30.9 Å². The number of amides is 3. The van der Waals surface area contributed by atoms with E-state index in [2.05, 4.69) is 16.0 Å². The van der Waals surface area contributed by atoms with Gasteiger partial charge in [0, 0.05) is 11.4 Å². The van der Waals surface area contributed by atoms with Crippen molar-refractivity contribution in [3.05, 3.63) is 89.7 Å². The van der Waals surface area contributed by atoms with E-state index in [4.69, 9.17) is 4.74 Å². The summed E-state index contributed by atoms with van der Waals surface area (Å²) < 4.78 is 18.4. The predicted octanol–water partition coefficient (Wildman–Crippen LogP) is 3.52. The maximum absolute atomic E-state index is 12.9. The minimum atomic E-state index is -0.515. The Morgan fingerprint density at radius 3 is 2.09 bits per heavy atom. The molecule has 3 rings (SSSR count). The average Bonchev–Trinajstić information content (AvgIpc) is 2.79. The zero-order chi connectivity index (χ0) is 22.9. The van der Waals surface area contributed by atoms with Gasteiger partial charge in [-0.05, 0) is 55.5 Å². The number of para-hydroxylation sites is 1. The van der Waals surface area contributed by atoms with E-state index in [0.29, 0.717) is 11.4 Å². The van der Waals surface area contributed by atoms with Crippen molar-refractivity contribution >= 4 is 29.1 Å². The van der Waals surface area contributed by atoms with Crippen molar-refractivity contribution in [2.75, 3.05) is 23.8 Å². The van der Waals surface area contributed by atoms with E-state index in [1.165, 1.54) is 30.3 Å². The Hall–Kier alpha value is -4.20. The van der Waals surface area contributed by atoms with Gasteiger partial charge in [-0.2, -0.15) is 0 Å². The van der Waals surface area contributed by atoms with Crippen molar-refractivity contribution in [2.24, 2.45) is 0 Å². The second-order valence-electron chi connectivity index (χ2n) is 6.94. The van der Waals surface area contributed by atoms with Crippen molar-refractivity contribution in [3.63, 3.8) is 0 Å². The molecule has 0 bridgehead atoms. The Morgan fingerprint density at radius 2 is 1.41 bits per heavy atom. The number of benzene rings is 3. The largest absolute Gasteiger partial charge is 0.483 e. The van der Waals surface area contributed by atoms with Crippen molar-refractivity contribution in [1.82, 2.24) is 5.32 Å². The molecule has 3 amide bonds. The van der Waals surface area contributed by atoms with Crippen LogP contribution in [0.4, 0.5) is 15.8 Å². The molecule has 0 unspecified atom stereocenters. The number of carbonyl (C=O) groups excluding carboxylic acids is 3. The van der Waals surface area contributed by atoms with Gasteiger partial charge in [-0.3, -0.25) is 14.4 Å². The minimum Gasteiger partial charge on any atom is -0.483 e. The first-order chi connectivity index (χ1) is 15.4. The maximum Gasteiger partial charge on any atom is 0.262 e. The Balaban J connectivity index is 1.52. The number of anilines is 2. The maximum atomic E-state index is 12.9. The van der Waals surface area contributed by atoms with E-state index in [9.17, 15) is 18.8 Å². The van der Waals surface area contributed by atoms with Gasteiger partial charge in [0.15, 0.2) is 6.61 Å².